The molecular weight excluding hydrogens is 323 g/mol. The highest BCUT2D eigenvalue weighted by Gasteiger charge is 2.19. The van der Waals surface area contributed by atoms with E-state index in [2.05, 4.69) is 10.6 Å². The van der Waals surface area contributed by atoms with Gasteiger partial charge in [-0.1, -0.05) is 23.7 Å². The normalized spacial score (nSPS) is 15.1. The third-order valence-electron chi connectivity index (χ3n) is 3.64. The lowest BCUT2D eigenvalue weighted by atomic mass is 10.1. The highest BCUT2D eigenvalue weighted by Crippen LogP contribution is 2.29. The van der Waals surface area contributed by atoms with E-state index in [9.17, 15) is 4.79 Å². The van der Waals surface area contributed by atoms with Gasteiger partial charge in [0.15, 0.2) is 5.76 Å². The van der Waals surface area contributed by atoms with Crippen molar-refractivity contribution in [2.24, 2.45) is 0 Å². The molecular formula is C16H18Cl2N2O2. The summed E-state index contributed by atoms with van der Waals surface area (Å²) >= 11 is 6.14. The number of nitrogens with one attached hydrogen (secondary N) is 2. The van der Waals surface area contributed by atoms with Crippen molar-refractivity contribution in [3.63, 3.8) is 0 Å². The van der Waals surface area contributed by atoms with Crippen LogP contribution in [-0.2, 0) is 0 Å². The Balaban J connectivity index is 0.00000176. The van der Waals surface area contributed by atoms with Gasteiger partial charge in [0.05, 0.1) is 5.02 Å². The van der Waals surface area contributed by atoms with E-state index in [1.54, 1.807) is 18.2 Å². The third kappa shape index (κ3) is 3.83. The first kappa shape index (κ1) is 16.9. The number of piperidine rings is 1. The summed E-state index contributed by atoms with van der Waals surface area (Å²) in [7, 11) is 0. The van der Waals surface area contributed by atoms with E-state index >= 15 is 0 Å². The zero-order valence-corrected chi connectivity index (χ0v) is 13.5. The minimum atomic E-state index is -0.166. The molecule has 6 heteroatoms. The van der Waals surface area contributed by atoms with E-state index in [0.29, 0.717) is 16.5 Å². The molecule has 2 aromatic rings. The van der Waals surface area contributed by atoms with Crippen LogP contribution in [0.25, 0.3) is 11.3 Å². The molecule has 2 heterocycles. The maximum Gasteiger partial charge on any atom is 0.287 e. The lowest BCUT2D eigenvalue weighted by Gasteiger charge is -2.23. The number of furan rings is 1. The molecule has 0 aliphatic carbocycles. The molecule has 0 bridgehead atoms. The third-order valence-corrected chi connectivity index (χ3v) is 3.97. The predicted molar refractivity (Wildman–Crippen MR) is 89.8 cm³/mol. The van der Waals surface area contributed by atoms with Gasteiger partial charge in [0.2, 0.25) is 0 Å². The molecule has 1 aliphatic rings. The van der Waals surface area contributed by atoms with Crippen molar-refractivity contribution in [3.8, 4) is 11.3 Å². The van der Waals surface area contributed by atoms with E-state index in [0.717, 1.165) is 31.5 Å². The smallest absolute Gasteiger partial charge is 0.287 e. The molecule has 0 radical (unpaired) electrons. The summed E-state index contributed by atoms with van der Waals surface area (Å²) in [4.78, 5) is 12.2. The fourth-order valence-electron chi connectivity index (χ4n) is 2.49. The lowest BCUT2D eigenvalue weighted by molar-refractivity contribution is 0.0902. The zero-order chi connectivity index (χ0) is 14.7. The molecule has 0 saturated carbocycles. The number of hydrogen-bond acceptors (Lipinski definition) is 3. The molecule has 1 amide bonds. The fourth-order valence-corrected chi connectivity index (χ4v) is 2.72. The second-order valence-electron chi connectivity index (χ2n) is 5.14. The number of carbonyl (C=O) groups is 1. The summed E-state index contributed by atoms with van der Waals surface area (Å²) in [6, 6.07) is 11.1. The molecule has 1 aromatic heterocycles. The van der Waals surface area contributed by atoms with Crippen LogP contribution in [0.4, 0.5) is 0 Å². The molecule has 1 fully saturated rings. The van der Waals surface area contributed by atoms with E-state index in [-0.39, 0.29) is 24.4 Å². The lowest BCUT2D eigenvalue weighted by Crippen LogP contribution is -2.42. The van der Waals surface area contributed by atoms with Crippen molar-refractivity contribution < 1.29 is 9.21 Å². The van der Waals surface area contributed by atoms with Gasteiger partial charge in [-0.25, -0.2) is 0 Å². The first-order chi connectivity index (χ1) is 10.2. The van der Waals surface area contributed by atoms with Crippen LogP contribution in [0.1, 0.15) is 23.4 Å². The molecule has 1 aliphatic heterocycles. The second-order valence-corrected chi connectivity index (χ2v) is 5.55. The van der Waals surface area contributed by atoms with Gasteiger partial charge >= 0.3 is 0 Å². The Morgan fingerprint density at radius 1 is 1.18 bits per heavy atom. The van der Waals surface area contributed by atoms with Crippen molar-refractivity contribution in [2.75, 3.05) is 13.1 Å². The average Bonchev–Trinajstić information content (AvgIpc) is 2.98. The van der Waals surface area contributed by atoms with Crippen LogP contribution in [0, 0.1) is 0 Å². The number of halogens is 2. The van der Waals surface area contributed by atoms with E-state index in [1.807, 2.05) is 18.2 Å². The van der Waals surface area contributed by atoms with Gasteiger partial charge in [-0.05, 0) is 50.2 Å². The standard InChI is InChI=1S/C16H17ClN2O2.ClH/c17-13-4-2-1-3-12(13)14-5-6-15(21-14)16(20)19-11-7-9-18-10-8-11;/h1-6,11,18H,7-10H2,(H,19,20);1H. The number of amides is 1. The number of hydrogen-bond donors (Lipinski definition) is 2. The van der Waals surface area contributed by atoms with Gasteiger partial charge in [0, 0.05) is 11.6 Å². The van der Waals surface area contributed by atoms with Crippen molar-refractivity contribution in [1.29, 1.82) is 0 Å². The van der Waals surface area contributed by atoms with Gasteiger partial charge in [0.25, 0.3) is 5.91 Å². The molecule has 22 heavy (non-hydrogen) atoms. The Bertz CT molecular complexity index is 637. The highest BCUT2D eigenvalue weighted by atomic mass is 35.5. The monoisotopic (exact) mass is 340 g/mol. The molecule has 0 spiro atoms. The first-order valence-corrected chi connectivity index (χ1v) is 7.48. The summed E-state index contributed by atoms with van der Waals surface area (Å²) in [5.74, 6) is 0.764. The molecule has 118 valence electrons. The summed E-state index contributed by atoms with van der Waals surface area (Å²) in [6.07, 6.45) is 1.90. The largest absolute Gasteiger partial charge is 0.451 e. The van der Waals surface area contributed by atoms with Crippen LogP contribution in [0.15, 0.2) is 40.8 Å². The molecule has 1 saturated heterocycles. The van der Waals surface area contributed by atoms with E-state index in [1.165, 1.54) is 0 Å². The van der Waals surface area contributed by atoms with Crippen LogP contribution >= 0.6 is 24.0 Å². The zero-order valence-electron chi connectivity index (χ0n) is 12.0. The summed E-state index contributed by atoms with van der Waals surface area (Å²) in [5.41, 5.74) is 0.792. The van der Waals surface area contributed by atoms with Gasteiger partial charge in [-0.2, -0.15) is 0 Å². The summed E-state index contributed by atoms with van der Waals surface area (Å²) in [6.45, 7) is 1.88. The minimum Gasteiger partial charge on any atom is -0.451 e. The van der Waals surface area contributed by atoms with Crippen LogP contribution in [0.3, 0.4) is 0 Å². The minimum absolute atomic E-state index is 0. The van der Waals surface area contributed by atoms with Crippen molar-refractivity contribution >= 4 is 29.9 Å². The van der Waals surface area contributed by atoms with Gasteiger partial charge < -0.3 is 15.1 Å². The second kappa shape index (κ2) is 7.68. The van der Waals surface area contributed by atoms with Crippen LogP contribution in [0.5, 0.6) is 0 Å². The molecule has 3 rings (SSSR count). The molecule has 0 atom stereocenters. The Kier molecular flexibility index (Phi) is 5.89. The maximum absolute atomic E-state index is 12.2. The Morgan fingerprint density at radius 3 is 2.64 bits per heavy atom. The highest BCUT2D eigenvalue weighted by molar-refractivity contribution is 6.33. The Hall–Kier alpha value is -1.49. The maximum atomic E-state index is 12.2. The van der Waals surface area contributed by atoms with Crippen LogP contribution in [-0.4, -0.2) is 25.0 Å². The van der Waals surface area contributed by atoms with Crippen molar-refractivity contribution in [3.05, 3.63) is 47.2 Å². The number of carbonyl (C=O) groups excluding carboxylic acids is 1. The molecule has 1 aromatic carbocycles. The molecule has 2 N–H and O–H groups in total. The van der Waals surface area contributed by atoms with Crippen molar-refractivity contribution in [1.82, 2.24) is 10.6 Å². The Morgan fingerprint density at radius 2 is 1.91 bits per heavy atom. The van der Waals surface area contributed by atoms with Crippen LogP contribution < -0.4 is 10.6 Å². The topological polar surface area (TPSA) is 54.3 Å². The van der Waals surface area contributed by atoms with E-state index in [4.69, 9.17) is 16.0 Å². The SMILES string of the molecule is Cl.O=C(NC1CCNCC1)c1ccc(-c2ccccc2Cl)o1. The van der Waals surface area contributed by atoms with Crippen molar-refractivity contribution in [2.45, 2.75) is 18.9 Å². The summed E-state index contributed by atoms with van der Waals surface area (Å²) in [5, 5.41) is 6.89. The number of rotatable bonds is 3. The first-order valence-electron chi connectivity index (χ1n) is 7.10. The van der Waals surface area contributed by atoms with Crippen LogP contribution in [0.2, 0.25) is 5.02 Å². The summed E-state index contributed by atoms with van der Waals surface area (Å²) < 4.78 is 5.64. The Labute approximate surface area is 140 Å². The van der Waals surface area contributed by atoms with Gasteiger partial charge in [-0.3, -0.25) is 4.79 Å². The quantitative estimate of drug-likeness (QED) is 0.898. The molecule has 4 nitrogen and oxygen atoms in total. The predicted octanol–water partition coefficient (Wildman–Crippen LogP) is 3.50. The number of benzene rings is 1. The fraction of sp³-hybridized carbons (Fsp3) is 0.312. The average molecular weight is 341 g/mol. The van der Waals surface area contributed by atoms with Gasteiger partial charge in [0.1, 0.15) is 5.76 Å². The van der Waals surface area contributed by atoms with Gasteiger partial charge in [-0.15, -0.1) is 12.4 Å². The van der Waals surface area contributed by atoms with E-state index < -0.39 is 0 Å². The molecule has 0 unspecified atom stereocenters.